The molecule has 5 nitrogen and oxygen atoms in total. The van der Waals surface area contributed by atoms with Crippen molar-refractivity contribution in [3.63, 3.8) is 0 Å². The van der Waals surface area contributed by atoms with Crippen molar-refractivity contribution in [3.05, 3.63) is 57.6 Å². The third-order valence-electron chi connectivity index (χ3n) is 2.81. The largest absolute Gasteiger partial charge is 0.378 e. The molecule has 6 heteroatoms. The zero-order valence-corrected chi connectivity index (χ0v) is 11.9. The van der Waals surface area contributed by atoms with E-state index in [2.05, 4.69) is 5.32 Å². The van der Waals surface area contributed by atoms with Gasteiger partial charge >= 0.3 is 5.69 Å². The Labute approximate surface area is 121 Å². The number of nitrogens with zero attached hydrogens (tertiary/aromatic N) is 2. The van der Waals surface area contributed by atoms with Gasteiger partial charge in [-0.1, -0.05) is 23.7 Å². The number of benzene rings is 2. The van der Waals surface area contributed by atoms with Gasteiger partial charge in [-0.3, -0.25) is 10.1 Å². The lowest BCUT2D eigenvalue weighted by Crippen LogP contribution is -2.08. The van der Waals surface area contributed by atoms with Crippen LogP contribution in [0.2, 0.25) is 5.02 Å². The Balaban J connectivity index is 2.38. The lowest BCUT2D eigenvalue weighted by Gasteiger charge is -2.14. The fourth-order valence-corrected chi connectivity index (χ4v) is 2.06. The molecule has 0 bridgehead atoms. The summed E-state index contributed by atoms with van der Waals surface area (Å²) in [6.07, 6.45) is 0. The van der Waals surface area contributed by atoms with E-state index in [-0.39, 0.29) is 10.7 Å². The molecule has 2 aromatic carbocycles. The number of halogens is 1. The number of para-hydroxylation sites is 1. The number of nitrogens with one attached hydrogen (secondary N) is 1. The average molecular weight is 292 g/mol. The molecule has 0 atom stereocenters. The van der Waals surface area contributed by atoms with E-state index >= 15 is 0 Å². The van der Waals surface area contributed by atoms with Crippen molar-refractivity contribution in [2.75, 3.05) is 24.3 Å². The second-order valence-corrected chi connectivity index (χ2v) is 4.87. The monoisotopic (exact) mass is 291 g/mol. The second-order valence-electron chi connectivity index (χ2n) is 4.46. The molecular formula is C14H14ClN3O2. The van der Waals surface area contributed by atoms with E-state index < -0.39 is 4.92 Å². The van der Waals surface area contributed by atoms with Crippen LogP contribution in [0.1, 0.15) is 0 Å². The van der Waals surface area contributed by atoms with Crippen LogP contribution >= 0.6 is 11.6 Å². The second kappa shape index (κ2) is 5.79. The van der Waals surface area contributed by atoms with Crippen LogP contribution in [0.5, 0.6) is 0 Å². The predicted octanol–water partition coefficient (Wildman–Crippen LogP) is 4.06. The predicted molar refractivity (Wildman–Crippen MR) is 82.2 cm³/mol. The Bertz CT molecular complexity index is 644. The molecule has 0 aromatic heterocycles. The molecule has 0 aliphatic rings. The summed E-state index contributed by atoms with van der Waals surface area (Å²) in [5, 5.41) is 14.2. The SMILES string of the molecule is CN(C)c1cccc(Nc2cccc(Cl)c2[N+](=O)[O-])c1. The van der Waals surface area contributed by atoms with Crippen molar-refractivity contribution in [1.82, 2.24) is 0 Å². The summed E-state index contributed by atoms with van der Waals surface area (Å²) < 4.78 is 0. The first-order chi connectivity index (χ1) is 9.49. The van der Waals surface area contributed by atoms with Gasteiger partial charge in [0, 0.05) is 25.5 Å². The van der Waals surface area contributed by atoms with Crippen LogP contribution in [0.4, 0.5) is 22.7 Å². The number of hydrogen-bond acceptors (Lipinski definition) is 4. The Morgan fingerprint density at radius 3 is 2.55 bits per heavy atom. The summed E-state index contributed by atoms with van der Waals surface area (Å²) >= 11 is 5.88. The number of hydrogen-bond donors (Lipinski definition) is 1. The summed E-state index contributed by atoms with van der Waals surface area (Å²) in [6, 6.07) is 12.4. The van der Waals surface area contributed by atoms with Gasteiger partial charge in [-0.05, 0) is 30.3 Å². The fraction of sp³-hybridized carbons (Fsp3) is 0.143. The van der Waals surface area contributed by atoms with Gasteiger partial charge in [0.1, 0.15) is 10.7 Å². The number of rotatable bonds is 4. The van der Waals surface area contributed by atoms with Gasteiger partial charge in [0.25, 0.3) is 0 Å². The zero-order chi connectivity index (χ0) is 14.7. The third-order valence-corrected chi connectivity index (χ3v) is 3.12. The van der Waals surface area contributed by atoms with E-state index in [1.807, 2.05) is 43.3 Å². The van der Waals surface area contributed by atoms with E-state index in [0.29, 0.717) is 5.69 Å². The highest BCUT2D eigenvalue weighted by atomic mass is 35.5. The van der Waals surface area contributed by atoms with Gasteiger partial charge < -0.3 is 10.2 Å². The van der Waals surface area contributed by atoms with Gasteiger partial charge in [0.2, 0.25) is 0 Å². The number of nitro benzene ring substituents is 1. The molecule has 0 spiro atoms. The van der Waals surface area contributed by atoms with Gasteiger partial charge in [-0.25, -0.2) is 0 Å². The molecule has 0 amide bonds. The highest BCUT2D eigenvalue weighted by Crippen LogP contribution is 2.34. The summed E-state index contributed by atoms with van der Waals surface area (Å²) in [6.45, 7) is 0. The smallest absolute Gasteiger partial charge is 0.311 e. The molecule has 0 unspecified atom stereocenters. The molecule has 0 saturated heterocycles. The topological polar surface area (TPSA) is 58.4 Å². The Kier molecular flexibility index (Phi) is 4.10. The van der Waals surface area contributed by atoms with Crippen molar-refractivity contribution >= 4 is 34.4 Å². The van der Waals surface area contributed by atoms with E-state index in [4.69, 9.17) is 11.6 Å². The van der Waals surface area contributed by atoms with Crippen molar-refractivity contribution in [3.8, 4) is 0 Å². The van der Waals surface area contributed by atoms with E-state index in [1.54, 1.807) is 12.1 Å². The highest BCUT2D eigenvalue weighted by Gasteiger charge is 2.18. The van der Waals surface area contributed by atoms with Crippen molar-refractivity contribution < 1.29 is 4.92 Å². The Morgan fingerprint density at radius 1 is 1.20 bits per heavy atom. The molecule has 0 saturated carbocycles. The minimum absolute atomic E-state index is 0.115. The Morgan fingerprint density at radius 2 is 1.90 bits per heavy atom. The van der Waals surface area contributed by atoms with Crippen LogP contribution in [0.25, 0.3) is 0 Å². The lowest BCUT2D eigenvalue weighted by molar-refractivity contribution is -0.383. The maximum absolute atomic E-state index is 11.1. The van der Waals surface area contributed by atoms with E-state index in [9.17, 15) is 10.1 Å². The first-order valence-electron chi connectivity index (χ1n) is 5.96. The van der Waals surface area contributed by atoms with Crippen LogP contribution in [0, 0.1) is 10.1 Å². The first-order valence-corrected chi connectivity index (χ1v) is 6.34. The number of anilines is 3. The quantitative estimate of drug-likeness (QED) is 0.682. The number of nitro groups is 1. The molecule has 2 rings (SSSR count). The minimum Gasteiger partial charge on any atom is -0.378 e. The minimum atomic E-state index is -0.486. The van der Waals surface area contributed by atoms with Crippen molar-refractivity contribution in [1.29, 1.82) is 0 Å². The standard InChI is InChI=1S/C14H14ClN3O2/c1-17(2)11-6-3-5-10(9-11)16-13-8-4-7-12(15)14(13)18(19)20/h3-9,16H,1-2H3. The van der Waals surface area contributed by atoms with Gasteiger partial charge in [-0.15, -0.1) is 0 Å². The maximum Gasteiger partial charge on any atom is 0.311 e. The van der Waals surface area contributed by atoms with Gasteiger partial charge in [0.15, 0.2) is 0 Å². The molecule has 104 valence electrons. The molecule has 0 radical (unpaired) electrons. The third kappa shape index (κ3) is 3.00. The summed E-state index contributed by atoms with van der Waals surface area (Å²) in [5.74, 6) is 0. The average Bonchev–Trinajstić information content (AvgIpc) is 2.38. The molecule has 0 heterocycles. The van der Waals surface area contributed by atoms with Crippen LogP contribution < -0.4 is 10.2 Å². The first kappa shape index (κ1) is 14.1. The molecule has 2 aromatic rings. The van der Waals surface area contributed by atoms with Crippen molar-refractivity contribution in [2.24, 2.45) is 0 Å². The summed E-state index contributed by atoms with van der Waals surface area (Å²) in [7, 11) is 3.86. The molecule has 20 heavy (non-hydrogen) atoms. The molecular weight excluding hydrogens is 278 g/mol. The van der Waals surface area contributed by atoms with Crippen LogP contribution in [-0.4, -0.2) is 19.0 Å². The van der Waals surface area contributed by atoms with Crippen molar-refractivity contribution in [2.45, 2.75) is 0 Å². The van der Waals surface area contributed by atoms with Gasteiger partial charge in [-0.2, -0.15) is 0 Å². The molecule has 0 aliphatic carbocycles. The zero-order valence-electron chi connectivity index (χ0n) is 11.1. The highest BCUT2D eigenvalue weighted by molar-refractivity contribution is 6.33. The summed E-state index contributed by atoms with van der Waals surface area (Å²) in [4.78, 5) is 12.6. The lowest BCUT2D eigenvalue weighted by atomic mass is 10.2. The normalized spacial score (nSPS) is 10.2. The molecule has 0 aliphatic heterocycles. The van der Waals surface area contributed by atoms with Gasteiger partial charge in [0.05, 0.1) is 4.92 Å². The van der Waals surface area contributed by atoms with Crippen LogP contribution in [0.15, 0.2) is 42.5 Å². The van der Waals surface area contributed by atoms with Crippen LogP contribution in [0.3, 0.4) is 0 Å². The molecule has 1 N–H and O–H groups in total. The maximum atomic E-state index is 11.1. The fourth-order valence-electron chi connectivity index (χ4n) is 1.82. The van der Waals surface area contributed by atoms with Crippen LogP contribution in [-0.2, 0) is 0 Å². The Hall–Kier alpha value is -2.27. The molecule has 0 fully saturated rings. The summed E-state index contributed by atoms with van der Waals surface area (Å²) in [5.41, 5.74) is 2.02. The van der Waals surface area contributed by atoms with E-state index in [1.165, 1.54) is 6.07 Å². The van der Waals surface area contributed by atoms with E-state index in [0.717, 1.165) is 11.4 Å².